The molecule has 0 aliphatic rings. The highest BCUT2D eigenvalue weighted by Crippen LogP contribution is 2.20. The fraction of sp³-hybridized carbons (Fsp3) is 0.294. The molecular formula is C17H19N3O. The van der Waals surface area contributed by atoms with Gasteiger partial charge >= 0.3 is 0 Å². The van der Waals surface area contributed by atoms with Crippen molar-refractivity contribution in [3.8, 4) is 0 Å². The topological polar surface area (TPSA) is 50.9 Å². The summed E-state index contributed by atoms with van der Waals surface area (Å²) in [7, 11) is 0. The maximum atomic E-state index is 10.5. The second kappa shape index (κ2) is 5.66. The third kappa shape index (κ3) is 2.81. The highest BCUT2D eigenvalue weighted by molar-refractivity contribution is 5.78. The number of hydrogen-bond donors (Lipinski definition) is 1. The Kier molecular flexibility index (Phi) is 3.71. The summed E-state index contributed by atoms with van der Waals surface area (Å²) in [5, 5.41) is 16.0. The van der Waals surface area contributed by atoms with Crippen LogP contribution in [0.4, 0.5) is 0 Å². The van der Waals surface area contributed by atoms with Gasteiger partial charge in [-0.1, -0.05) is 24.3 Å². The number of aliphatic hydroxyl groups excluding tert-OH is 1. The molecule has 0 radical (unpaired) electrons. The van der Waals surface area contributed by atoms with Crippen molar-refractivity contribution in [2.75, 3.05) is 0 Å². The van der Waals surface area contributed by atoms with Crippen molar-refractivity contribution in [3.63, 3.8) is 0 Å². The lowest BCUT2D eigenvalue weighted by molar-refractivity contribution is 0.171. The summed E-state index contributed by atoms with van der Waals surface area (Å²) in [4.78, 5) is 4.55. The molecule has 0 bridgehead atoms. The Hall–Kier alpha value is -2.20. The van der Waals surface area contributed by atoms with Crippen LogP contribution < -0.4 is 0 Å². The molecule has 0 amide bonds. The van der Waals surface area contributed by atoms with E-state index in [1.54, 1.807) is 0 Å². The summed E-state index contributed by atoms with van der Waals surface area (Å²) < 4.78 is 1.93. The largest absolute Gasteiger partial charge is 0.386 e. The van der Waals surface area contributed by atoms with E-state index in [0.717, 1.165) is 28.8 Å². The molecule has 4 nitrogen and oxygen atoms in total. The number of nitrogens with zero attached hydrogens (tertiary/aromatic N) is 3. The molecule has 1 N–H and O–H groups in total. The minimum absolute atomic E-state index is 0.528. The van der Waals surface area contributed by atoms with Gasteiger partial charge in [0.2, 0.25) is 0 Å². The summed E-state index contributed by atoms with van der Waals surface area (Å²) in [6, 6.07) is 13.9. The van der Waals surface area contributed by atoms with Crippen molar-refractivity contribution < 1.29 is 5.11 Å². The highest BCUT2D eigenvalue weighted by atomic mass is 16.3. The Bertz CT molecular complexity index is 764. The van der Waals surface area contributed by atoms with Gasteiger partial charge in [0.05, 0.1) is 16.9 Å². The molecule has 0 aliphatic carbocycles. The van der Waals surface area contributed by atoms with E-state index in [0.29, 0.717) is 12.1 Å². The van der Waals surface area contributed by atoms with Crippen LogP contribution in [0.3, 0.4) is 0 Å². The minimum atomic E-state index is -0.615. The van der Waals surface area contributed by atoms with Crippen LogP contribution in [0.25, 0.3) is 10.9 Å². The number of aryl methyl sites for hydroxylation is 2. The van der Waals surface area contributed by atoms with Crippen molar-refractivity contribution in [1.82, 2.24) is 14.8 Å². The van der Waals surface area contributed by atoms with Crippen LogP contribution in [-0.2, 0) is 13.0 Å². The summed E-state index contributed by atoms with van der Waals surface area (Å²) in [5.74, 6) is 0. The molecule has 1 unspecified atom stereocenters. The predicted molar refractivity (Wildman–Crippen MR) is 83.0 cm³/mol. The Morgan fingerprint density at radius 1 is 1.19 bits per heavy atom. The molecule has 108 valence electrons. The fourth-order valence-electron chi connectivity index (χ4n) is 2.61. The van der Waals surface area contributed by atoms with E-state index in [9.17, 15) is 5.11 Å². The first-order chi connectivity index (χ1) is 10.2. The zero-order valence-corrected chi connectivity index (χ0v) is 12.3. The van der Waals surface area contributed by atoms with Crippen LogP contribution in [0.2, 0.25) is 0 Å². The van der Waals surface area contributed by atoms with E-state index in [1.165, 1.54) is 0 Å². The molecule has 1 aromatic carbocycles. The van der Waals surface area contributed by atoms with Crippen molar-refractivity contribution in [2.24, 2.45) is 0 Å². The summed E-state index contributed by atoms with van der Waals surface area (Å²) >= 11 is 0. The lowest BCUT2D eigenvalue weighted by Crippen LogP contribution is -2.09. The Morgan fingerprint density at radius 3 is 2.81 bits per heavy atom. The van der Waals surface area contributed by atoms with Gasteiger partial charge in [-0.05, 0) is 32.0 Å². The van der Waals surface area contributed by atoms with Gasteiger partial charge in [-0.25, -0.2) is 0 Å². The Morgan fingerprint density at radius 2 is 2.00 bits per heavy atom. The van der Waals surface area contributed by atoms with Crippen LogP contribution >= 0.6 is 0 Å². The number of aromatic nitrogens is 3. The van der Waals surface area contributed by atoms with Crippen molar-refractivity contribution >= 4 is 10.9 Å². The zero-order valence-electron chi connectivity index (χ0n) is 12.3. The van der Waals surface area contributed by atoms with Crippen LogP contribution in [0, 0.1) is 6.92 Å². The maximum absolute atomic E-state index is 10.5. The van der Waals surface area contributed by atoms with Gasteiger partial charge in [0, 0.05) is 24.0 Å². The molecule has 3 rings (SSSR count). The monoisotopic (exact) mass is 281 g/mol. The molecule has 21 heavy (non-hydrogen) atoms. The number of fused-ring (bicyclic) bond motifs is 1. The second-order valence-corrected chi connectivity index (χ2v) is 5.24. The maximum Gasteiger partial charge on any atom is 0.101 e. The molecule has 2 heterocycles. The predicted octanol–water partition coefficient (Wildman–Crippen LogP) is 3.04. The van der Waals surface area contributed by atoms with E-state index in [-0.39, 0.29) is 0 Å². The number of pyridine rings is 1. The van der Waals surface area contributed by atoms with Gasteiger partial charge in [0.1, 0.15) is 6.10 Å². The molecule has 0 saturated carbocycles. The molecule has 2 aromatic heterocycles. The number of aliphatic hydroxyl groups is 1. The van der Waals surface area contributed by atoms with Crippen molar-refractivity contribution in [1.29, 1.82) is 0 Å². The van der Waals surface area contributed by atoms with Gasteiger partial charge in [-0.15, -0.1) is 0 Å². The molecule has 4 heteroatoms. The van der Waals surface area contributed by atoms with E-state index in [2.05, 4.69) is 17.0 Å². The van der Waals surface area contributed by atoms with E-state index in [1.807, 2.05) is 54.1 Å². The fourth-order valence-corrected chi connectivity index (χ4v) is 2.61. The first-order valence-electron chi connectivity index (χ1n) is 7.24. The average molecular weight is 281 g/mol. The first kappa shape index (κ1) is 13.8. The standard InChI is InChI=1S/C17H19N3O/c1-3-20-14(10-12(2)19-20)11-17(21)16-9-8-13-6-4-5-7-15(13)18-16/h4-10,17,21H,3,11H2,1-2H3. The quantitative estimate of drug-likeness (QED) is 0.799. The third-order valence-electron chi connectivity index (χ3n) is 3.65. The normalized spacial score (nSPS) is 12.7. The molecule has 0 fully saturated rings. The van der Waals surface area contributed by atoms with Crippen LogP contribution in [-0.4, -0.2) is 19.9 Å². The summed E-state index contributed by atoms with van der Waals surface area (Å²) in [6.07, 6.45) is -0.0870. The first-order valence-corrected chi connectivity index (χ1v) is 7.24. The number of hydrogen-bond acceptors (Lipinski definition) is 3. The summed E-state index contributed by atoms with van der Waals surface area (Å²) in [5.41, 5.74) is 3.63. The van der Waals surface area contributed by atoms with Crippen molar-refractivity contribution in [3.05, 3.63) is 59.5 Å². The van der Waals surface area contributed by atoms with E-state index in [4.69, 9.17) is 0 Å². The number of benzene rings is 1. The van der Waals surface area contributed by atoms with Gasteiger partial charge in [-0.2, -0.15) is 5.10 Å². The molecule has 0 spiro atoms. The third-order valence-corrected chi connectivity index (χ3v) is 3.65. The summed E-state index contributed by atoms with van der Waals surface area (Å²) in [6.45, 7) is 4.83. The molecule has 0 aliphatic heterocycles. The Balaban J connectivity index is 1.87. The van der Waals surface area contributed by atoms with Gasteiger partial charge < -0.3 is 5.11 Å². The molecule has 3 aromatic rings. The van der Waals surface area contributed by atoms with Crippen LogP contribution in [0.5, 0.6) is 0 Å². The number of rotatable bonds is 4. The van der Waals surface area contributed by atoms with Crippen LogP contribution in [0.1, 0.15) is 30.1 Å². The number of para-hydroxylation sites is 1. The highest BCUT2D eigenvalue weighted by Gasteiger charge is 2.14. The zero-order chi connectivity index (χ0) is 14.8. The lowest BCUT2D eigenvalue weighted by Gasteiger charge is -2.12. The van der Waals surface area contributed by atoms with E-state index >= 15 is 0 Å². The lowest BCUT2D eigenvalue weighted by atomic mass is 10.1. The van der Waals surface area contributed by atoms with Crippen LogP contribution in [0.15, 0.2) is 42.5 Å². The van der Waals surface area contributed by atoms with Gasteiger partial charge in [-0.3, -0.25) is 9.67 Å². The molecule has 1 atom stereocenters. The molecular weight excluding hydrogens is 262 g/mol. The average Bonchev–Trinajstić information content (AvgIpc) is 2.86. The second-order valence-electron chi connectivity index (χ2n) is 5.24. The molecule has 0 saturated heterocycles. The smallest absolute Gasteiger partial charge is 0.101 e. The van der Waals surface area contributed by atoms with Crippen molar-refractivity contribution in [2.45, 2.75) is 32.9 Å². The van der Waals surface area contributed by atoms with E-state index < -0.39 is 6.10 Å². The van der Waals surface area contributed by atoms with Gasteiger partial charge in [0.25, 0.3) is 0 Å². The Labute approximate surface area is 124 Å². The van der Waals surface area contributed by atoms with Gasteiger partial charge in [0.15, 0.2) is 0 Å². The SMILES string of the molecule is CCn1nc(C)cc1CC(O)c1ccc2ccccc2n1. The minimum Gasteiger partial charge on any atom is -0.386 e.